The van der Waals surface area contributed by atoms with Gasteiger partial charge in [0.2, 0.25) is 0 Å². The van der Waals surface area contributed by atoms with E-state index in [0.29, 0.717) is 18.7 Å². The van der Waals surface area contributed by atoms with Gasteiger partial charge in [0.05, 0.1) is 6.61 Å². The molecule has 1 aromatic carbocycles. The smallest absolute Gasteiger partial charge is 0.163 e. The lowest BCUT2D eigenvalue weighted by molar-refractivity contribution is 0.101. The third-order valence-corrected chi connectivity index (χ3v) is 2.36. The summed E-state index contributed by atoms with van der Waals surface area (Å²) in [5.41, 5.74) is 6.89. The molecule has 0 amide bonds. The molecule has 0 radical (unpaired) electrons. The van der Waals surface area contributed by atoms with Gasteiger partial charge < -0.3 is 15.8 Å². The Morgan fingerprint density at radius 3 is 2.76 bits per heavy atom. The van der Waals surface area contributed by atoms with Gasteiger partial charge in [0.15, 0.2) is 10.9 Å². The zero-order valence-electron chi connectivity index (χ0n) is 9.95. The maximum atomic E-state index is 11.3. The highest BCUT2D eigenvalue weighted by atomic mass is 32.1. The van der Waals surface area contributed by atoms with E-state index in [0.717, 1.165) is 11.3 Å². The number of ether oxygens (including phenoxy) is 1. The number of hydrogen-bond donors (Lipinski definition) is 2. The summed E-state index contributed by atoms with van der Waals surface area (Å²) in [5.74, 6) is 0.755. The van der Waals surface area contributed by atoms with Crippen LogP contribution in [0, 0.1) is 0 Å². The van der Waals surface area contributed by atoms with Crippen LogP contribution in [0.4, 0.5) is 0 Å². The summed E-state index contributed by atoms with van der Waals surface area (Å²) >= 11 is 4.75. The van der Waals surface area contributed by atoms with Gasteiger partial charge in [-0.1, -0.05) is 0 Å². The Kier molecular flexibility index (Phi) is 4.90. The Bertz CT molecular complexity index is 433. The first-order valence-corrected chi connectivity index (χ1v) is 5.75. The molecular weight excluding hydrogens is 236 g/mol. The second-order valence-electron chi connectivity index (χ2n) is 3.53. The summed E-state index contributed by atoms with van der Waals surface area (Å²) in [4.78, 5) is 11.3. The fraction of sp³-hybridized carbons (Fsp3) is 0.333. The van der Waals surface area contributed by atoms with Crippen molar-refractivity contribution >= 4 is 23.1 Å². The molecule has 0 atom stereocenters. The van der Waals surface area contributed by atoms with Gasteiger partial charge in [-0.3, -0.25) is 4.79 Å². The standard InChI is InChI=1S/C12H16N2O2S/c1-3-16-11-5-4-9(8(2)15)6-10(11)7-14-12(13)17/h4-6H,3,7H2,1-2H3,(H3,13,14,17). The molecule has 0 saturated carbocycles. The minimum atomic E-state index is 0.0182. The van der Waals surface area contributed by atoms with Gasteiger partial charge in [0, 0.05) is 17.7 Å². The van der Waals surface area contributed by atoms with Gasteiger partial charge in [-0.05, 0) is 44.3 Å². The van der Waals surface area contributed by atoms with Gasteiger partial charge in [0.1, 0.15) is 5.75 Å². The summed E-state index contributed by atoms with van der Waals surface area (Å²) in [6, 6.07) is 5.33. The van der Waals surface area contributed by atoms with Crippen LogP contribution in [0.3, 0.4) is 0 Å². The molecule has 0 unspecified atom stereocenters. The minimum absolute atomic E-state index is 0.0182. The lowest BCUT2D eigenvalue weighted by Gasteiger charge is -2.12. The molecule has 0 bridgehead atoms. The van der Waals surface area contributed by atoms with Gasteiger partial charge >= 0.3 is 0 Å². The van der Waals surface area contributed by atoms with E-state index in [2.05, 4.69) is 5.32 Å². The normalized spacial score (nSPS) is 9.76. The highest BCUT2D eigenvalue weighted by Crippen LogP contribution is 2.20. The highest BCUT2D eigenvalue weighted by molar-refractivity contribution is 7.80. The number of carbonyl (C=O) groups is 1. The molecule has 0 aromatic heterocycles. The van der Waals surface area contributed by atoms with Crippen LogP contribution < -0.4 is 15.8 Å². The summed E-state index contributed by atoms with van der Waals surface area (Å²) in [6.07, 6.45) is 0. The molecule has 17 heavy (non-hydrogen) atoms. The molecule has 0 aliphatic rings. The molecule has 0 heterocycles. The van der Waals surface area contributed by atoms with Gasteiger partial charge in [-0.2, -0.15) is 0 Å². The van der Waals surface area contributed by atoms with E-state index in [1.165, 1.54) is 6.92 Å². The molecule has 0 spiro atoms. The Labute approximate surface area is 106 Å². The second kappa shape index (κ2) is 6.20. The number of rotatable bonds is 5. The number of carbonyl (C=O) groups excluding carboxylic acids is 1. The molecule has 0 fully saturated rings. The number of ketones is 1. The SMILES string of the molecule is CCOc1ccc(C(C)=O)cc1CNC(N)=S. The van der Waals surface area contributed by atoms with Crippen molar-refractivity contribution in [3.05, 3.63) is 29.3 Å². The summed E-state index contributed by atoms with van der Waals surface area (Å²) < 4.78 is 5.47. The molecule has 0 aliphatic heterocycles. The highest BCUT2D eigenvalue weighted by Gasteiger charge is 2.07. The number of thiocarbonyl (C=S) groups is 1. The Morgan fingerprint density at radius 1 is 1.53 bits per heavy atom. The van der Waals surface area contributed by atoms with Gasteiger partial charge in [-0.25, -0.2) is 0 Å². The second-order valence-corrected chi connectivity index (χ2v) is 3.97. The van der Waals surface area contributed by atoms with Crippen LogP contribution in [0.1, 0.15) is 29.8 Å². The lowest BCUT2D eigenvalue weighted by Crippen LogP contribution is -2.28. The van der Waals surface area contributed by atoms with E-state index in [9.17, 15) is 4.79 Å². The molecule has 1 rings (SSSR count). The van der Waals surface area contributed by atoms with Crippen molar-refractivity contribution in [1.82, 2.24) is 5.32 Å². The molecule has 1 aromatic rings. The average Bonchev–Trinajstić information content (AvgIpc) is 2.27. The van der Waals surface area contributed by atoms with Crippen molar-refractivity contribution in [2.24, 2.45) is 5.73 Å². The fourth-order valence-electron chi connectivity index (χ4n) is 1.42. The molecule has 92 valence electrons. The van der Waals surface area contributed by atoms with Crippen molar-refractivity contribution < 1.29 is 9.53 Å². The average molecular weight is 252 g/mol. The zero-order valence-corrected chi connectivity index (χ0v) is 10.8. The molecule has 0 aliphatic carbocycles. The van der Waals surface area contributed by atoms with E-state index in [4.69, 9.17) is 22.7 Å². The van der Waals surface area contributed by atoms with E-state index in [1.807, 2.05) is 6.92 Å². The summed E-state index contributed by atoms with van der Waals surface area (Å²) in [7, 11) is 0. The van der Waals surface area contributed by atoms with Crippen LogP contribution in [-0.4, -0.2) is 17.5 Å². The molecule has 0 saturated heterocycles. The Balaban J connectivity index is 2.97. The van der Waals surface area contributed by atoms with Crippen molar-refractivity contribution in [3.63, 3.8) is 0 Å². The first-order valence-electron chi connectivity index (χ1n) is 5.34. The van der Waals surface area contributed by atoms with Crippen LogP contribution >= 0.6 is 12.2 Å². The van der Waals surface area contributed by atoms with Crippen LogP contribution in [-0.2, 0) is 6.54 Å². The largest absolute Gasteiger partial charge is 0.494 e. The van der Waals surface area contributed by atoms with Crippen molar-refractivity contribution in [3.8, 4) is 5.75 Å². The number of Topliss-reactive ketones (excluding diaryl/α,β-unsaturated/α-hetero) is 1. The zero-order chi connectivity index (χ0) is 12.8. The molecule has 5 heteroatoms. The van der Waals surface area contributed by atoms with E-state index < -0.39 is 0 Å². The predicted molar refractivity (Wildman–Crippen MR) is 71.2 cm³/mol. The van der Waals surface area contributed by atoms with Crippen LogP contribution in [0.5, 0.6) is 5.75 Å². The van der Waals surface area contributed by atoms with E-state index >= 15 is 0 Å². The Hall–Kier alpha value is -1.62. The fourth-order valence-corrected chi connectivity index (χ4v) is 1.49. The van der Waals surface area contributed by atoms with Gasteiger partial charge in [-0.15, -0.1) is 0 Å². The maximum absolute atomic E-state index is 11.3. The van der Waals surface area contributed by atoms with Crippen LogP contribution in [0.25, 0.3) is 0 Å². The molecule has 4 nitrogen and oxygen atoms in total. The number of nitrogens with one attached hydrogen (secondary N) is 1. The minimum Gasteiger partial charge on any atom is -0.494 e. The number of hydrogen-bond acceptors (Lipinski definition) is 3. The predicted octanol–water partition coefficient (Wildman–Crippen LogP) is 1.62. The maximum Gasteiger partial charge on any atom is 0.163 e. The van der Waals surface area contributed by atoms with Crippen molar-refractivity contribution in [2.75, 3.05) is 6.61 Å². The quantitative estimate of drug-likeness (QED) is 0.616. The van der Waals surface area contributed by atoms with E-state index in [1.54, 1.807) is 18.2 Å². The van der Waals surface area contributed by atoms with Crippen LogP contribution in [0.15, 0.2) is 18.2 Å². The third kappa shape index (κ3) is 4.03. The lowest BCUT2D eigenvalue weighted by atomic mass is 10.1. The Morgan fingerprint density at radius 2 is 2.24 bits per heavy atom. The van der Waals surface area contributed by atoms with Crippen LogP contribution in [0.2, 0.25) is 0 Å². The van der Waals surface area contributed by atoms with Crippen molar-refractivity contribution in [2.45, 2.75) is 20.4 Å². The third-order valence-electron chi connectivity index (χ3n) is 2.22. The topological polar surface area (TPSA) is 64.3 Å². The molecular formula is C12H16N2O2S. The first-order chi connectivity index (χ1) is 8.04. The van der Waals surface area contributed by atoms with Gasteiger partial charge in [0.25, 0.3) is 0 Å². The first kappa shape index (κ1) is 13.4. The van der Waals surface area contributed by atoms with Crippen molar-refractivity contribution in [1.29, 1.82) is 0 Å². The number of benzene rings is 1. The summed E-state index contributed by atoms with van der Waals surface area (Å²) in [6.45, 7) is 4.45. The van der Waals surface area contributed by atoms with E-state index in [-0.39, 0.29) is 10.9 Å². The summed E-state index contributed by atoms with van der Waals surface area (Å²) in [5, 5.41) is 3.07. The molecule has 3 N–H and O–H groups in total. The monoisotopic (exact) mass is 252 g/mol. The number of nitrogens with two attached hydrogens (primary N) is 1.